The van der Waals surface area contributed by atoms with Crippen LogP contribution in [0.25, 0.3) is 11.1 Å². The molecule has 4 heteroatoms. The van der Waals surface area contributed by atoms with Crippen molar-refractivity contribution in [1.29, 1.82) is 5.26 Å². The largest absolute Gasteiger partial charge is 0.383 e. The van der Waals surface area contributed by atoms with E-state index >= 15 is 0 Å². The van der Waals surface area contributed by atoms with Gasteiger partial charge in [-0.25, -0.2) is 9.37 Å². The van der Waals surface area contributed by atoms with E-state index in [2.05, 4.69) is 31.8 Å². The van der Waals surface area contributed by atoms with Crippen molar-refractivity contribution in [1.82, 2.24) is 4.98 Å². The zero-order chi connectivity index (χ0) is 17.5. The quantitative estimate of drug-likeness (QED) is 0.841. The molecular weight excluding hydrogens is 301 g/mol. The maximum absolute atomic E-state index is 13.8. The van der Waals surface area contributed by atoms with E-state index in [1.165, 1.54) is 12.1 Å². The van der Waals surface area contributed by atoms with Crippen LogP contribution in [-0.4, -0.2) is 4.98 Å². The molecule has 0 saturated heterocycles. The second-order valence-corrected chi connectivity index (χ2v) is 7.60. The van der Waals surface area contributed by atoms with Crippen LogP contribution in [-0.2, 0) is 12.8 Å². The summed E-state index contributed by atoms with van der Waals surface area (Å²) in [5.41, 5.74) is 10.0. The van der Waals surface area contributed by atoms with E-state index < -0.39 is 0 Å². The minimum Gasteiger partial charge on any atom is -0.383 e. The van der Waals surface area contributed by atoms with Gasteiger partial charge >= 0.3 is 0 Å². The van der Waals surface area contributed by atoms with E-state index in [1.54, 1.807) is 6.07 Å². The summed E-state index contributed by atoms with van der Waals surface area (Å²) in [5, 5.41) is 9.59. The van der Waals surface area contributed by atoms with E-state index in [-0.39, 0.29) is 17.1 Å². The van der Waals surface area contributed by atoms with E-state index in [0.29, 0.717) is 17.0 Å². The summed E-state index contributed by atoms with van der Waals surface area (Å²) in [7, 11) is 0. The average molecular weight is 323 g/mol. The molecule has 2 aromatic rings. The van der Waals surface area contributed by atoms with Crippen LogP contribution in [0.1, 0.15) is 44.0 Å². The van der Waals surface area contributed by atoms with Crippen LogP contribution in [0, 0.1) is 28.5 Å². The number of fused-ring (bicyclic) bond motifs is 1. The second-order valence-electron chi connectivity index (χ2n) is 7.60. The van der Waals surface area contributed by atoms with Crippen molar-refractivity contribution in [2.75, 3.05) is 5.73 Å². The molecule has 0 aliphatic heterocycles. The van der Waals surface area contributed by atoms with Crippen LogP contribution < -0.4 is 5.73 Å². The number of anilines is 1. The molecule has 0 saturated carbocycles. The van der Waals surface area contributed by atoms with Gasteiger partial charge in [-0.3, -0.25) is 0 Å². The first-order valence-electron chi connectivity index (χ1n) is 8.28. The van der Waals surface area contributed by atoms with Crippen LogP contribution in [0.4, 0.5) is 10.2 Å². The first-order valence-corrected chi connectivity index (χ1v) is 8.28. The fourth-order valence-corrected chi connectivity index (χ4v) is 3.59. The molecule has 1 aliphatic carbocycles. The SMILES string of the molecule is CC(C)(C)C1CCc2nc(N)c(C#N)c(-c3cccc(F)c3)c2C1. The number of aromatic nitrogens is 1. The van der Waals surface area contributed by atoms with Crippen molar-refractivity contribution >= 4 is 5.82 Å². The third kappa shape index (κ3) is 2.87. The number of nitrogens with zero attached hydrogens (tertiary/aromatic N) is 2. The normalized spacial score (nSPS) is 17.2. The second kappa shape index (κ2) is 5.90. The molecule has 124 valence electrons. The Morgan fingerprint density at radius 2 is 2.08 bits per heavy atom. The van der Waals surface area contributed by atoms with Gasteiger partial charge in [-0.1, -0.05) is 32.9 Å². The highest BCUT2D eigenvalue weighted by Gasteiger charge is 2.32. The standard InChI is InChI=1S/C20H22FN3/c1-20(2,3)13-7-8-17-15(10-13)18(16(11-22)19(23)24-17)12-5-4-6-14(21)9-12/h4-6,9,13H,7-8,10H2,1-3H3,(H2,23,24). The Hall–Kier alpha value is -2.41. The van der Waals surface area contributed by atoms with Gasteiger partial charge in [0.25, 0.3) is 0 Å². The van der Waals surface area contributed by atoms with Gasteiger partial charge in [-0.15, -0.1) is 0 Å². The number of halogens is 1. The summed E-state index contributed by atoms with van der Waals surface area (Å²) < 4.78 is 13.8. The first-order chi connectivity index (χ1) is 11.3. The van der Waals surface area contributed by atoms with Gasteiger partial charge in [-0.05, 0) is 53.9 Å². The molecular formula is C20H22FN3. The van der Waals surface area contributed by atoms with Crippen molar-refractivity contribution in [2.24, 2.45) is 11.3 Å². The van der Waals surface area contributed by atoms with Gasteiger partial charge in [0.05, 0.1) is 0 Å². The zero-order valence-corrected chi connectivity index (χ0v) is 14.4. The van der Waals surface area contributed by atoms with Crippen LogP contribution in [0.15, 0.2) is 24.3 Å². The lowest BCUT2D eigenvalue weighted by molar-refractivity contribution is 0.215. The molecule has 0 amide bonds. The van der Waals surface area contributed by atoms with Crippen molar-refractivity contribution in [3.05, 3.63) is 46.9 Å². The molecule has 2 N–H and O–H groups in total. The number of hydrogen-bond donors (Lipinski definition) is 1. The summed E-state index contributed by atoms with van der Waals surface area (Å²) in [6.07, 6.45) is 2.74. The highest BCUT2D eigenvalue weighted by atomic mass is 19.1. The van der Waals surface area contributed by atoms with Gasteiger partial charge in [0, 0.05) is 11.3 Å². The smallest absolute Gasteiger partial charge is 0.142 e. The Morgan fingerprint density at radius 3 is 2.71 bits per heavy atom. The van der Waals surface area contributed by atoms with E-state index in [4.69, 9.17) is 5.73 Å². The van der Waals surface area contributed by atoms with Crippen LogP contribution in [0.2, 0.25) is 0 Å². The Bertz CT molecular complexity index is 828. The maximum atomic E-state index is 13.8. The number of nitrogen functional groups attached to an aromatic ring is 1. The topological polar surface area (TPSA) is 62.7 Å². The van der Waals surface area contributed by atoms with E-state index in [1.807, 2.05) is 6.07 Å². The lowest BCUT2D eigenvalue weighted by atomic mass is 9.70. The van der Waals surface area contributed by atoms with Crippen LogP contribution in [0.5, 0.6) is 0 Å². The molecule has 0 spiro atoms. The minimum absolute atomic E-state index is 0.172. The third-order valence-corrected chi connectivity index (χ3v) is 5.04. The fourth-order valence-electron chi connectivity index (χ4n) is 3.59. The molecule has 1 aliphatic rings. The van der Waals surface area contributed by atoms with Gasteiger partial charge < -0.3 is 5.73 Å². The fraction of sp³-hybridized carbons (Fsp3) is 0.400. The Balaban J connectivity index is 2.24. The van der Waals surface area contributed by atoms with Crippen molar-refractivity contribution in [3.63, 3.8) is 0 Å². The van der Waals surface area contributed by atoms with Crippen molar-refractivity contribution in [3.8, 4) is 17.2 Å². The number of aryl methyl sites for hydroxylation is 1. The lowest BCUT2D eigenvalue weighted by Gasteiger charge is -2.35. The van der Waals surface area contributed by atoms with Crippen molar-refractivity contribution < 1.29 is 4.39 Å². The summed E-state index contributed by atoms with van der Waals surface area (Å²) in [5.74, 6) is 0.419. The Labute approximate surface area is 142 Å². The van der Waals surface area contributed by atoms with E-state index in [0.717, 1.165) is 36.1 Å². The number of nitrogens with two attached hydrogens (primary N) is 1. The van der Waals surface area contributed by atoms with Gasteiger partial charge in [0.1, 0.15) is 23.3 Å². The summed E-state index contributed by atoms with van der Waals surface area (Å²) in [6, 6.07) is 8.55. The third-order valence-electron chi connectivity index (χ3n) is 5.04. The van der Waals surface area contributed by atoms with E-state index in [9.17, 15) is 9.65 Å². The molecule has 3 rings (SSSR count). The van der Waals surface area contributed by atoms with Crippen LogP contribution >= 0.6 is 0 Å². The summed E-state index contributed by atoms with van der Waals surface area (Å²) >= 11 is 0. The van der Waals surface area contributed by atoms with Crippen LogP contribution in [0.3, 0.4) is 0 Å². The number of benzene rings is 1. The summed E-state index contributed by atoms with van der Waals surface area (Å²) in [6.45, 7) is 6.71. The molecule has 0 radical (unpaired) electrons. The summed E-state index contributed by atoms with van der Waals surface area (Å²) in [4.78, 5) is 4.47. The number of rotatable bonds is 1. The highest BCUT2D eigenvalue weighted by molar-refractivity contribution is 5.79. The Morgan fingerprint density at radius 1 is 1.33 bits per heavy atom. The minimum atomic E-state index is -0.316. The molecule has 1 aromatic carbocycles. The first kappa shape index (κ1) is 16.4. The molecule has 0 bridgehead atoms. The molecule has 1 heterocycles. The molecule has 3 nitrogen and oxygen atoms in total. The predicted molar refractivity (Wildman–Crippen MR) is 93.7 cm³/mol. The molecule has 0 fully saturated rings. The Kier molecular flexibility index (Phi) is 4.04. The number of pyridine rings is 1. The zero-order valence-electron chi connectivity index (χ0n) is 14.4. The van der Waals surface area contributed by atoms with Gasteiger partial charge in [-0.2, -0.15) is 5.26 Å². The number of hydrogen-bond acceptors (Lipinski definition) is 3. The lowest BCUT2D eigenvalue weighted by Crippen LogP contribution is -2.28. The van der Waals surface area contributed by atoms with Gasteiger partial charge in [0.2, 0.25) is 0 Å². The maximum Gasteiger partial charge on any atom is 0.142 e. The average Bonchev–Trinajstić information content (AvgIpc) is 2.52. The molecule has 1 aromatic heterocycles. The monoisotopic (exact) mass is 323 g/mol. The molecule has 24 heavy (non-hydrogen) atoms. The number of nitriles is 1. The highest BCUT2D eigenvalue weighted by Crippen LogP contribution is 2.42. The predicted octanol–water partition coefficient (Wildman–Crippen LogP) is 4.49. The molecule has 1 unspecified atom stereocenters. The van der Waals surface area contributed by atoms with Crippen molar-refractivity contribution in [2.45, 2.75) is 40.0 Å². The van der Waals surface area contributed by atoms with Gasteiger partial charge in [0.15, 0.2) is 0 Å². The molecule has 1 atom stereocenters.